The van der Waals surface area contributed by atoms with Crippen molar-refractivity contribution in [2.75, 3.05) is 0 Å². The SMILES string of the molecule is CCCCCC1CCC2C[C@H](C(=O)Oc3ccc(CC)cc3)CC[C@@H]2C1. The predicted molar refractivity (Wildman–Crippen MR) is 107 cm³/mol. The summed E-state index contributed by atoms with van der Waals surface area (Å²) in [6, 6.07) is 7.98. The monoisotopic (exact) mass is 356 g/mol. The second kappa shape index (κ2) is 9.58. The first-order chi connectivity index (χ1) is 12.7. The third-order valence-corrected chi connectivity index (χ3v) is 6.82. The molecule has 1 aromatic rings. The van der Waals surface area contributed by atoms with Gasteiger partial charge in [0, 0.05) is 0 Å². The molecule has 0 saturated heterocycles. The van der Waals surface area contributed by atoms with Crippen LogP contribution in [0.3, 0.4) is 0 Å². The van der Waals surface area contributed by atoms with Gasteiger partial charge in [-0.2, -0.15) is 0 Å². The highest BCUT2D eigenvalue weighted by Crippen LogP contribution is 2.46. The van der Waals surface area contributed by atoms with Gasteiger partial charge in [-0.3, -0.25) is 4.79 Å². The normalized spacial score (nSPS) is 28.4. The standard InChI is InChI=1S/C24H36O2/c1-3-5-6-7-19-8-11-21-17-22(13-12-20(21)16-19)24(25)26-23-14-9-18(4-2)10-15-23/h9-10,14-15,19-22H,3-8,11-13,16-17H2,1-2H3/t19?,20-,21?,22-/m1/s1. The number of hydrogen-bond donors (Lipinski definition) is 0. The van der Waals surface area contributed by atoms with Gasteiger partial charge in [-0.1, -0.05) is 58.1 Å². The molecule has 1 aromatic carbocycles. The lowest BCUT2D eigenvalue weighted by Crippen LogP contribution is -2.35. The number of esters is 1. The molecule has 3 rings (SSSR count). The van der Waals surface area contributed by atoms with Gasteiger partial charge in [0.05, 0.1) is 5.92 Å². The van der Waals surface area contributed by atoms with Gasteiger partial charge in [0.2, 0.25) is 0 Å². The minimum absolute atomic E-state index is 0.00207. The first-order valence-corrected chi connectivity index (χ1v) is 11.0. The molecular weight excluding hydrogens is 320 g/mol. The zero-order chi connectivity index (χ0) is 18.4. The molecule has 2 unspecified atom stereocenters. The maximum absolute atomic E-state index is 12.6. The number of unbranched alkanes of at least 4 members (excludes halogenated alkanes) is 2. The van der Waals surface area contributed by atoms with Crippen molar-refractivity contribution >= 4 is 5.97 Å². The number of aryl methyl sites for hydroxylation is 1. The number of rotatable bonds is 7. The molecule has 2 aliphatic carbocycles. The molecule has 144 valence electrons. The van der Waals surface area contributed by atoms with E-state index in [1.54, 1.807) is 0 Å². The summed E-state index contributed by atoms with van der Waals surface area (Å²) in [5.74, 6) is 3.38. The van der Waals surface area contributed by atoms with Crippen LogP contribution in [0.5, 0.6) is 5.75 Å². The van der Waals surface area contributed by atoms with Gasteiger partial charge < -0.3 is 4.74 Å². The van der Waals surface area contributed by atoms with Gasteiger partial charge in [-0.15, -0.1) is 0 Å². The molecule has 0 N–H and O–H groups in total. The van der Waals surface area contributed by atoms with Crippen molar-refractivity contribution in [2.24, 2.45) is 23.7 Å². The van der Waals surface area contributed by atoms with Crippen molar-refractivity contribution < 1.29 is 9.53 Å². The zero-order valence-electron chi connectivity index (χ0n) is 16.7. The minimum atomic E-state index is -0.00207. The molecule has 2 fully saturated rings. The smallest absolute Gasteiger partial charge is 0.314 e. The Morgan fingerprint density at radius 2 is 1.69 bits per heavy atom. The summed E-state index contributed by atoms with van der Waals surface area (Å²) in [5.41, 5.74) is 1.28. The fraction of sp³-hybridized carbons (Fsp3) is 0.708. The number of carbonyl (C=O) groups is 1. The molecule has 0 aliphatic heterocycles. The Hall–Kier alpha value is -1.31. The van der Waals surface area contributed by atoms with Crippen LogP contribution in [-0.2, 0) is 11.2 Å². The Morgan fingerprint density at radius 3 is 2.42 bits per heavy atom. The molecule has 0 spiro atoms. The van der Waals surface area contributed by atoms with E-state index in [0.29, 0.717) is 5.75 Å². The molecule has 26 heavy (non-hydrogen) atoms. The average Bonchev–Trinajstić information content (AvgIpc) is 2.68. The van der Waals surface area contributed by atoms with Crippen molar-refractivity contribution in [3.63, 3.8) is 0 Å². The van der Waals surface area contributed by atoms with Gasteiger partial charge in [-0.25, -0.2) is 0 Å². The van der Waals surface area contributed by atoms with E-state index in [9.17, 15) is 4.79 Å². The molecular formula is C24H36O2. The number of benzene rings is 1. The molecule has 2 nitrogen and oxygen atoms in total. The van der Waals surface area contributed by atoms with Crippen LogP contribution in [0.4, 0.5) is 0 Å². The zero-order valence-corrected chi connectivity index (χ0v) is 16.7. The minimum Gasteiger partial charge on any atom is -0.426 e. The molecule has 4 atom stereocenters. The van der Waals surface area contributed by atoms with Crippen molar-refractivity contribution in [3.05, 3.63) is 29.8 Å². The van der Waals surface area contributed by atoms with Crippen LogP contribution in [-0.4, -0.2) is 5.97 Å². The molecule has 0 heterocycles. The summed E-state index contributed by atoms with van der Waals surface area (Å²) < 4.78 is 5.68. The first-order valence-electron chi connectivity index (χ1n) is 11.0. The van der Waals surface area contributed by atoms with Crippen LogP contribution in [0.2, 0.25) is 0 Å². The second-order valence-corrected chi connectivity index (χ2v) is 8.62. The lowest BCUT2D eigenvalue weighted by molar-refractivity contribution is -0.141. The highest BCUT2D eigenvalue weighted by molar-refractivity contribution is 5.75. The molecule has 2 aliphatic rings. The summed E-state index contributed by atoms with van der Waals surface area (Å²) in [7, 11) is 0. The predicted octanol–water partition coefficient (Wildman–Crippen LogP) is 6.57. The first kappa shape index (κ1) is 19.5. The molecule has 0 aromatic heterocycles. The van der Waals surface area contributed by atoms with Crippen molar-refractivity contribution in [1.82, 2.24) is 0 Å². The lowest BCUT2D eigenvalue weighted by Gasteiger charge is -2.41. The largest absolute Gasteiger partial charge is 0.426 e. The number of ether oxygens (including phenoxy) is 1. The molecule has 0 radical (unpaired) electrons. The van der Waals surface area contributed by atoms with Gasteiger partial charge in [0.25, 0.3) is 0 Å². The van der Waals surface area contributed by atoms with Crippen LogP contribution in [0.25, 0.3) is 0 Å². The maximum atomic E-state index is 12.6. The van der Waals surface area contributed by atoms with E-state index >= 15 is 0 Å². The fourth-order valence-electron chi connectivity index (χ4n) is 5.14. The van der Waals surface area contributed by atoms with Gasteiger partial charge >= 0.3 is 5.97 Å². The Morgan fingerprint density at radius 1 is 0.962 bits per heavy atom. The van der Waals surface area contributed by atoms with E-state index in [4.69, 9.17) is 4.74 Å². The summed E-state index contributed by atoms with van der Waals surface area (Å²) in [4.78, 5) is 12.6. The third kappa shape index (κ3) is 5.11. The van der Waals surface area contributed by atoms with Crippen LogP contribution in [0.1, 0.15) is 83.6 Å². The van der Waals surface area contributed by atoms with Crippen LogP contribution in [0, 0.1) is 23.7 Å². The van der Waals surface area contributed by atoms with Gasteiger partial charge in [0.15, 0.2) is 0 Å². The lowest BCUT2D eigenvalue weighted by atomic mass is 9.64. The molecule has 2 saturated carbocycles. The van der Waals surface area contributed by atoms with Crippen LogP contribution < -0.4 is 4.74 Å². The highest BCUT2D eigenvalue weighted by Gasteiger charge is 2.38. The van der Waals surface area contributed by atoms with Crippen molar-refractivity contribution in [3.8, 4) is 5.75 Å². The Labute approximate surface area is 159 Å². The van der Waals surface area contributed by atoms with Crippen molar-refractivity contribution in [1.29, 1.82) is 0 Å². The topological polar surface area (TPSA) is 26.3 Å². The molecule has 0 bridgehead atoms. The van der Waals surface area contributed by atoms with E-state index in [1.807, 2.05) is 12.1 Å². The van der Waals surface area contributed by atoms with E-state index < -0.39 is 0 Å². The van der Waals surface area contributed by atoms with Crippen molar-refractivity contribution in [2.45, 2.75) is 84.5 Å². The maximum Gasteiger partial charge on any atom is 0.314 e. The van der Waals surface area contributed by atoms with Crippen LogP contribution >= 0.6 is 0 Å². The Bertz CT molecular complexity index is 562. The quantitative estimate of drug-likeness (QED) is 0.314. The summed E-state index contributed by atoms with van der Waals surface area (Å²) >= 11 is 0. The average molecular weight is 357 g/mol. The van der Waals surface area contributed by atoms with E-state index in [-0.39, 0.29) is 11.9 Å². The Kier molecular flexibility index (Phi) is 7.16. The Balaban J connectivity index is 1.47. The fourth-order valence-corrected chi connectivity index (χ4v) is 5.14. The second-order valence-electron chi connectivity index (χ2n) is 8.62. The number of hydrogen-bond acceptors (Lipinski definition) is 2. The summed E-state index contributed by atoms with van der Waals surface area (Å²) in [6.07, 6.45) is 14.0. The third-order valence-electron chi connectivity index (χ3n) is 6.82. The van der Waals surface area contributed by atoms with Gasteiger partial charge in [-0.05, 0) is 74.0 Å². The van der Waals surface area contributed by atoms with E-state index in [0.717, 1.165) is 37.0 Å². The highest BCUT2D eigenvalue weighted by atomic mass is 16.5. The number of carbonyl (C=O) groups excluding carboxylic acids is 1. The summed E-state index contributed by atoms with van der Waals surface area (Å²) in [5, 5.41) is 0. The number of fused-ring (bicyclic) bond motifs is 1. The molecule has 2 heteroatoms. The molecule has 0 amide bonds. The van der Waals surface area contributed by atoms with Gasteiger partial charge in [0.1, 0.15) is 5.75 Å². The summed E-state index contributed by atoms with van der Waals surface area (Å²) in [6.45, 7) is 4.42. The van der Waals surface area contributed by atoms with E-state index in [1.165, 1.54) is 56.9 Å². The van der Waals surface area contributed by atoms with Crippen LogP contribution in [0.15, 0.2) is 24.3 Å². The van der Waals surface area contributed by atoms with E-state index in [2.05, 4.69) is 26.0 Å².